The van der Waals surface area contributed by atoms with Gasteiger partial charge >= 0.3 is 6.09 Å². The largest absolute Gasteiger partial charge is 0.481 e. The zero-order valence-corrected chi connectivity index (χ0v) is 12.2. The number of aromatic nitrogens is 1. The molecule has 0 aliphatic rings. The maximum Gasteiger partial charge on any atom is 0.408 e. The van der Waals surface area contributed by atoms with Gasteiger partial charge < -0.3 is 14.8 Å². The van der Waals surface area contributed by atoms with Gasteiger partial charge in [-0.15, -0.1) is 0 Å². The average Bonchev–Trinajstić information content (AvgIpc) is 2.58. The molecule has 1 amide bonds. The van der Waals surface area contributed by atoms with Crippen molar-refractivity contribution >= 4 is 6.09 Å². The molecule has 2 aromatic rings. The molecule has 0 saturated heterocycles. The van der Waals surface area contributed by atoms with E-state index in [2.05, 4.69) is 22.1 Å². The van der Waals surface area contributed by atoms with Crippen LogP contribution in [-0.4, -0.2) is 24.7 Å². The van der Waals surface area contributed by atoms with Crippen LogP contribution in [0.3, 0.4) is 0 Å². The molecule has 0 fully saturated rings. The number of carbonyl (C=O) groups is 1. The summed E-state index contributed by atoms with van der Waals surface area (Å²) in [7, 11) is 1.55. The summed E-state index contributed by atoms with van der Waals surface area (Å²) in [6.07, 6.45) is 1.12. The lowest BCUT2D eigenvalue weighted by Crippen LogP contribution is -2.24. The summed E-state index contributed by atoms with van der Waals surface area (Å²) in [5, 5.41) is 2.57. The normalized spacial score (nSPS) is 9.32. The number of pyridine rings is 1. The van der Waals surface area contributed by atoms with E-state index in [-0.39, 0.29) is 13.2 Å². The Bertz CT molecular complexity index is 658. The smallest absolute Gasteiger partial charge is 0.408 e. The van der Waals surface area contributed by atoms with E-state index in [1.54, 1.807) is 25.4 Å². The van der Waals surface area contributed by atoms with Gasteiger partial charge in [0.2, 0.25) is 5.88 Å². The predicted molar refractivity (Wildman–Crippen MR) is 82.3 cm³/mol. The van der Waals surface area contributed by atoms with Crippen LogP contribution in [0, 0.1) is 11.8 Å². The molecule has 2 rings (SSSR count). The van der Waals surface area contributed by atoms with Crippen LogP contribution in [-0.2, 0) is 11.3 Å². The van der Waals surface area contributed by atoms with E-state index in [9.17, 15) is 4.79 Å². The van der Waals surface area contributed by atoms with Gasteiger partial charge in [0.1, 0.15) is 6.61 Å². The third-order valence-electron chi connectivity index (χ3n) is 2.71. The standard InChI is InChI=1S/C17H16N2O3/c1-21-16-10-9-14(12-19-16)8-5-11-18-17(20)22-13-15-6-3-2-4-7-15/h2-4,6-7,9-10,12H,11,13H2,1H3,(H,18,20). The predicted octanol–water partition coefficient (Wildman–Crippen LogP) is 2.37. The lowest BCUT2D eigenvalue weighted by molar-refractivity contribution is 0.141. The van der Waals surface area contributed by atoms with Crippen LogP contribution >= 0.6 is 0 Å². The number of amides is 1. The molecular formula is C17H16N2O3. The molecule has 1 N–H and O–H groups in total. The fraction of sp³-hybridized carbons (Fsp3) is 0.176. The topological polar surface area (TPSA) is 60.5 Å². The van der Waals surface area contributed by atoms with Crippen molar-refractivity contribution in [2.75, 3.05) is 13.7 Å². The van der Waals surface area contributed by atoms with Crippen molar-refractivity contribution in [2.45, 2.75) is 6.61 Å². The molecule has 0 bridgehead atoms. The Balaban J connectivity index is 1.71. The van der Waals surface area contributed by atoms with Gasteiger partial charge in [-0.2, -0.15) is 0 Å². The third-order valence-corrected chi connectivity index (χ3v) is 2.71. The average molecular weight is 296 g/mol. The number of hydrogen-bond acceptors (Lipinski definition) is 4. The molecule has 5 heteroatoms. The quantitative estimate of drug-likeness (QED) is 0.880. The molecule has 1 aromatic carbocycles. The Kier molecular flexibility index (Phi) is 5.82. The fourth-order valence-corrected chi connectivity index (χ4v) is 1.61. The van der Waals surface area contributed by atoms with E-state index in [1.807, 2.05) is 30.3 Å². The van der Waals surface area contributed by atoms with Crippen molar-refractivity contribution in [3.05, 3.63) is 59.8 Å². The number of alkyl carbamates (subject to hydrolysis) is 1. The van der Waals surface area contributed by atoms with Gasteiger partial charge in [-0.3, -0.25) is 0 Å². The molecule has 112 valence electrons. The summed E-state index contributed by atoms with van der Waals surface area (Å²) in [4.78, 5) is 15.5. The first-order valence-electron chi connectivity index (χ1n) is 6.71. The molecule has 5 nitrogen and oxygen atoms in total. The second kappa shape index (κ2) is 8.32. The summed E-state index contributed by atoms with van der Waals surface area (Å²) in [6, 6.07) is 13.0. The van der Waals surface area contributed by atoms with Crippen molar-refractivity contribution in [1.82, 2.24) is 10.3 Å². The highest BCUT2D eigenvalue weighted by molar-refractivity contribution is 5.67. The van der Waals surface area contributed by atoms with E-state index in [4.69, 9.17) is 9.47 Å². The Hall–Kier alpha value is -3.00. The van der Waals surface area contributed by atoms with E-state index < -0.39 is 6.09 Å². The number of carbonyl (C=O) groups excluding carboxylic acids is 1. The molecule has 0 spiro atoms. The first kappa shape index (κ1) is 15.4. The maximum absolute atomic E-state index is 11.5. The van der Waals surface area contributed by atoms with Crippen LogP contribution in [0.4, 0.5) is 4.79 Å². The molecule has 0 atom stereocenters. The number of hydrogen-bond donors (Lipinski definition) is 1. The van der Waals surface area contributed by atoms with Crippen LogP contribution in [0.1, 0.15) is 11.1 Å². The van der Waals surface area contributed by atoms with Gasteiger partial charge in [0.05, 0.1) is 13.7 Å². The molecule has 1 heterocycles. The SMILES string of the molecule is COc1ccc(C#CCNC(=O)OCc2ccccc2)cn1. The second-order valence-electron chi connectivity index (χ2n) is 4.31. The Morgan fingerprint density at radius 3 is 2.73 bits per heavy atom. The summed E-state index contributed by atoms with van der Waals surface area (Å²) in [6.45, 7) is 0.447. The number of rotatable bonds is 4. The number of nitrogens with zero attached hydrogens (tertiary/aromatic N) is 1. The van der Waals surface area contributed by atoms with Crippen molar-refractivity contribution in [1.29, 1.82) is 0 Å². The Morgan fingerprint density at radius 2 is 2.05 bits per heavy atom. The highest BCUT2D eigenvalue weighted by Gasteiger charge is 2.00. The Morgan fingerprint density at radius 1 is 1.23 bits per heavy atom. The summed E-state index contributed by atoms with van der Waals surface area (Å²) < 4.78 is 10.0. The van der Waals surface area contributed by atoms with E-state index in [0.717, 1.165) is 11.1 Å². The molecule has 0 radical (unpaired) electrons. The highest BCUT2D eigenvalue weighted by atomic mass is 16.5. The lowest BCUT2D eigenvalue weighted by atomic mass is 10.2. The van der Waals surface area contributed by atoms with Gasteiger partial charge in [-0.05, 0) is 11.6 Å². The zero-order valence-electron chi connectivity index (χ0n) is 12.2. The van der Waals surface area contributed by atoms with Gasteiger partial charge in [-0.25, -0.2) is 9.78 Å². The summed E-state index contributed by atoms with van der Waals surface area (Å²) in [5.74, 6) is 6.25. The molecule has 0 aliphatic carbocycles. The number of nitrogens with one attached hydrogen (secondary N) is 1. The van der Waals surface area contributed by atoms with Crippen LogP contribution in [0.15, 0.2) is 48.7 Å². The minimum atomic E-state index is -0.494. The number of ether oxygens (including phenoxy) is 2. The van der Waals surface area contributed by atoms with E-state index in [1.165, 1.54) is 0 Å². The summed E-state index contributed by atoms with van der Waals surface area (Å²) in [5.41, 5.74) is 1.69. The Labute approximate surface area is 129 Å². The van der Waals surface area contributed by atoms with Gasteiger partial charge in [0.15, 0.2) is 0 Å². The van der Waals surface area contributed by atoms with Crippen LogP contribution in [0.25, 0.3) is 0 Å². The van der Waals surface area contributed by atoms with Crippen LogP contribution < -0.4 is 10.1 Å². The maximum atomic E-state index is 11.5. The monoisotopic (exact) mass is 296 g/mol. The van der Waals surface area contributed by atoms with E-state index in [0.29, 0.717) is 5.88 Å². The van der Waals surface area contributed by atoms with Crippen LogP contribution in [0.5, 0.6) is 5.88 Å². The number of benzene rings is 1. The van der Waals surface area contributed by atoms with Crippen molar-refractivity contribution in [2.24, 2.45) is 0 Å². The van der Waals surface area contributed by atoms with E-state index >= 15 is 0 Å². The second-order valence-corrected chi connectivity index (χ2v) is 4.31. The van der Waals surface area contributed by atoms with Gasteiger partial charge in [0, 0.05) is 17.8 Å². The molecule has 0 unspecified atom stereocenters. The van der Waals surface area contributed by atoms with Gasteiger partial charge in [-0.1, -0.05) is 42.2 Å². The number of methoxy groups -OCH3 is 1. The summed E-state index contributed by atoms with van der Waals surface area (Å²) >= 11 is 0. The van der Waals surface area contributed by atoms with Crippen molar-refractivity contribution < 1.29 is 14.3 Å². The lowest BCUT2D eigenvalue weighted by Gasteiger charge is -2.04. The third kappa shape index (κ3) is 5.17. The van der Waals surface area contributed by atoms with Crippen molar-refractivity contribution in [3.63, 3.8) is 0 Å². The minimum absolute atomic E-state index is 0.208. The highest BCUT2D eigenvalue weighted by Crippen LogP contribution is 2.05. The first-order chi connectivity index (χ1) is 10.8. The minimum Gasteiger partial charge on any atom is -0.481 e. The molecule has 1 aromatic heterocycles. The molecule has 22 heavy (non-hydrogen) atoms. The fourth-order valence-electron chi connectivity index (χ4n) is 1.61. The molecule has 0 aliphatic heterocycles. The molecule has 0 saturated carbocycles. The van der Waals surface area contributed by atoms with Crippen molar-refractivity contribution in [3.8, 4) is 17.7 Å². The zero-order chi connectivity index (χ0) is 15.6. The van der Waals surface area contributed by atoms with Crippen LogP contribution in [0.2, 0.25) is 0 Å². The molecular weight excluding hydrogens is 280 g/mol. The van der Waals surface area contributed by atoms with Gasteiger partial charge in [0.25, 0.3) is 0 Å². The first-order valence-corrected chi connectivity index (χ1v) is 6.71.